The van der Waals surface area contributed by atoms with Gasteiger partial charge in [0.2, 0.25) is 5.95 Å². The van der Waals surface area contributed by atoms with Crippen LogP contribution < -0.4 is 11.1 Å². The number of para-hydroxylation sites is 2. The van der Waals surface area contributed by atoms with Gasteiger partial charge in [0.1, 0.15) is 5.82 Å². The average Bonchev–Trinajstić information content (AvgIpc) is 3.11. The minimum absolute atomic E-state index is 0.276. The number of hydrogen-bond donors (Lipinski definition) is 2. The Hall–Kier alpha value is -3.35. The van der Waals surface area contributed by atoms with Gasteiger partial charge in [-0.2, -0.15) is 0 Å². The third-order valence-electron chi connectivity index (χ3n) is 4.60. The van der Waals surface area contributed by atoms with Crippen molar-refractivity contribution in [3.63, 3.8) is 0 Å². The number of halogens is 1. The van der Waals surface area contributed by atoms with Crippen LogP contribution in [-0.2, 0) is 7.05 Å². The monoisotopic (exact) mass is 334 g/mol. The van der Waals surface area contributed by atoms with Crippen LogP contribution in [-0.4, -0.2) is 20.1 Å². The smallest absolute Gasteiger partial charge is 0.212 e. The van der Waals surface area contributed by atoms with Gasteiger partial charge in [-0.3, -0.25) is 9.88 Å². The first kappa shape index (κ1) is 14.0. The highest BCUT2D eigenvalue weighted by atomic mass is 19.1. The normalized spacial score (nSPS) is 16.7. The Kier molecular flexibility index (Phi) is 2.71. The molecule has 4 aromatic rings. The number of rotatable bonds is 1. The number of benzene rings is 2. The maximum atomic E-state index is 13.9. The van der Waals surface area contributed by atoms with Crippen LogP contribution in [0.2, 0.25) is 0 Å². The van der Waals surface area contributed by atoms with Crippen molar-refractivity contribution in [2.45, 2.75) is 6.17 Å². The highest BCUT2D eigenvalue weighted by molar-refractivity contribution is 5.95. The second-order valence-corrected chi connectivity index (χ2v) is 6.16. The van der Waals surface area contributed by atoms with Crippen LogP contribution in [0.1, 0.15) is 11.7 Å². The first-order valence-electron chi connectivity index (χ1n) is 7.93. The standard InChI is InChI=1S/C18H15FN6/c1-24-9-12(11-8-10(19)6-7-14(11)24)16-22-17(20)23-18-21-13-4-2-3-5-15(13)25(16)18/h2-9,16H,1H3,(H3,20,21,22,23)/t16-/m1/s1. The van der Waals surface area contributed by atoms with Crippen molar-refractivity contribution in [1.29, 1.82) is 0 Å². The van der Waals surface area contributed by atoms with E-state index in [1.807, 2.05) is 46.6 Å². The van der Waals surface area contributed by atoms with Crippen molar-refractivity contribution < 1.29 is 4.39 Å². The molecular weight excluding hydrogens is 319 g/mol. The largest absolute Gasteiger partial charge is 0.370 e. The molecule has 2 aromatic heterocycles. The lowest BCUT2D eigenvalue weighted by Crippen LogP contribution is -2.31. The Balaban J connectivity index is 1.83. The first-order valence-corrected chi connectivity index (χ1v) is 7.93. The molecule has 1 aliphatic rings. The Bertz CT molecular complexity index is 1170. The molecule has 124 valence electrons. The molecule has 6 nitrogen and oxygen atoms in total. The van der Waals surface area contributed by atoms with E-state index < -0.39 is 6.17 Å². The van der Waals surface area contributed by atoms with Gasteiger partial charge in [-0.15, -0.1) is 0 Å². The average molecular weight is 334 g/mol. The van der Waals surface area contributed by atoms with Gasteiger partial charge in [-0.05, 0) is 30.3 Å². The fraction of sp³-hybridized carbons (Fsp3) is 0.111. The lowest BCUT2D eigenvalue weighted by atomic mass is 10.1. The summed E-state index contributed by atoms with van der Waals surface area (Å²) in [6.07, 6.45) is 1.56. The van der Waals surface area contributed by atoms with Crippen LogP contribution in [0.4, 0.5) is 10.3 Å². The highest BCUT2D eigenvalue weighted by Crippen LogP contribution is 2.36. The van der Waals surface area contributed by atoms with E-state index in [-0.39, 0.29) is 5.82 Å². The minimum Gasteiger partial charge on any atom is -0.370 e. The van der Waals surface area contributed by atoms with Gasteiger partial charge in [0.15, 0.2) is 12.1 Å². The van der Waals surface area contributed by atoms with E-state index in [2.05, 4.69) is 15.3 Å². The molecule has 3 N–H and O–H groups in total. The van der Waals surface area contributed by atoms with Gasteiger partial charge in [-0.1, -0.05) is 12.1 Å². The number of nitrogens with one attached hydrogen (secondary N) is 1. The maximum absolute atomic E-state index is 13.9. The van der Waals surface area contributed by atoms with Crippen LogP contribution in [0.3, 0.4) is 0 Å². The Labute approximate surface area is 142 Å². The fourth-order valence-corrected chi connectivity index (χ4v) is 3.53. The van der Waals surface area contributed by atoms with Crippen LogP contribution in [0.5, 0.6) is 0 Å². The number of guanidine groups is 1. The van der Waals surface area contributed by atoms with Gasteiger partial charge < -0.3 is 10.3 Å². The van der Waals surface area contributed by atoms with Crippen LogP contribution in [0, 0.1) is 5.82 Å². The molecule has 0 fully saturated rings. The van der Waals surface area contributed by atoms with E-state index in [4.69, 9.17) is 5.73 Å². The van der Waals surface area contributed by atoms with Crippen molar-refractivity contribution >= 4 is 33.8 Å². The number of fused-ring (bicyclic) bond motifs is 4. The molecule has 0 spiro atoms. The Morgan fingerprint density at radius 3 is 2.88 bits per heavy atom. The SMILES string of the molecule is Cn1cc([C@@H]2N=C(N)Nc3nc4ccccc4n32)c2cc(F)ccc21. The van der Waals surface area contributed by atoms with Crippen molar-refractivity contribution in [3.05, 3.63) is 60.0 Å². The lowest BCUT2D eigenvalue weighted by molar-refractivity contribution is 0.623. The Morgan fingerprint density at radius 2 is 2.00 bits per heavy atom. The highest BCUT2D eigenvalue weighted by Gasteiger charge is 2.27. The summed E-state index contributed by atoms with van der Waals surface area (Å²) in [5, 5.41) is 3.83. The van der Waals surface area contributed by atoms with E-state index in [9.17, 15) is 4.39 Å². The van der Waals surface area contributed by atoms with Crippen molar-refractivity contribution in [2.24, 2.45) is 17.8 Å². The second kappa shape index (κ2) is 4.83. The third kappa shape index (κ3) is 1.95. The number of imidazole rings is 1. The molecule has 1 aliphatic heterocycles. The summed E-state index contributed by atoms with van der Waals surface area (Å²) in [5.74, 6) is 0.648. The van der Waals surface area contributed by atoms with E-state index in [1.54, 1.807) is 6.07 Å². The molecule has 0 saturated heterocycles. The quantitative estimate of drug-likeness (QED) is 0.562. The van der Waals surface area contributed by atoms with Crippen LogP contribution in [0.25, 0.3) is 21.9 Å². The summed E-state index contributed by atoms with van der Waals surface area (Å²) >= 11 is 0. The lowest BCUT2D eigenvalue weighted by Gasteiger charge is -2.23. The zero-order valence-electron chi connectivity index (χ0n) is 13.4. The zero-order chi connectivity index (χ0) is 17.1. The molecule has 0 bridgehead atoms. The maximum Gasteiger partial charge on any atom is 0.212 e. The number of nitrogens with two attached hydrogens (primary N) is 1. The number of anilines is 1. The second-order valence-electron chi connectivity index (χ2n) is 6.16. The van der Waals surface area contributed by atoms with Crippen molar-refractivity contribution in [1.82, 2.24) is 14.1 Å². The summed E-state index contributed by atoms with van der Waals surface area (Å²) < 4.78 is 17.8. The molecule has 3 heterocycles. The minimum atomic E-state index is -0.408. The molecule has 5 rings (SSSR count). The van der Waals surface area contributed by atoms with Crippen molar-refractivity contribution in [2.75, 3.05) is 5.32 Å². The molecule has 0 amide bonds. The number of hydrogen-bond acceptors (Lipinski definition) is 4. The number of nitrogens with zero attached hydrogens (tertiary/aromatic N) is 4. The summed E-state index contributed by atoms with van der Waals surface area (Å²) in [5.41, 5.74) is 9.60. The van der Waals surface area contributed by atoms with Crippen LogP contribution in [0.15, 0.2) is 53.7 Å². The topological polar surface area (TPSA) is 73.2 Å². The summed E-state index contributed by atoms with van der Waals surface area (Å²) in [7, 11) is 1.94. The van der Waals surface area contributed by atoms with Crippen molar-refractivity contribution in [3.8, 4) is 0 Å². The number of aryl methyl sites for hydroxylation is 1. The van der Waals surface area contributed by atoms with E-state index in [0.29, 0.717) is 11.9 Å². The van der Waals surface area contributed by atoms with Gasteiger partial charge in [0.05, 0.1) is 11.0 Å². The molecule has 0 aliphatic carbocycles. The van der Waals surface area contributed by atoms with Gasteiger partial charge in [-0.25, -0.2) is 14.4 Å². The fourth-order valence-electron chi connectivity index (χ4n) is 3.53. The molecule has 7 heteroatoms. The zero-order valence-corrected chi connectivity index (χ0v) is 13.4. The third-order valence-corrected chi connectivity index (χ3v) is 4.60. The van der Waals surface area contributed by atoms with E-state index in [1.165, 1.54) is 12.1 Å². The molecule has 0 saturated carbocycles. The summed E-state index contributed by atoms with van der Waals surface area (Å²) in [6.45, 7) is 0. The summed E-state index contributed by atoms with van der Waals surface area (Å²) in [4.78, 5) is 9.17. The molecule has 0 radical (unpaired) electrons. The van der Waals surface area contributed by atoms with E-state index in [0.717, 1.165) is 27.5 Å². The number of aliphatic imine (C=N–C) groups is 1. The number of aromatic nitrogens is 3. The van der Waals surface area contributed by atoms with E-state index >= 15 is 0 Å². The van der Waals surface area contributed by atoms with Gasteiger partial charge >= 0.3 is 0 Å². The molecule has 25 heavy (non-hydrogen) atoms. The molecular formula is C18H15FN6. The Morgan fingerprint density at radius 1 is 1.16 bits per heavy atom. The van der Waals surface area contributed by atoms with Gasteiger partial charge in [0, 0.05) is 29.7 Å². The summed E-state index contributed by atoms with van der Waals surface area (Å²) in [6, 6.07) is 12.6. The molecule has 0 unspecified atom stereocenters. The molecule has 1 atom stereocenters. The van der Waals surface area contributed by atoms with Crippen LogP contribution >= 0.6 is 0 Å². The van der Waals surface area contributed by atoms with Gasteiger partial charge in [0.25, 0.3) is 0 Å². The first-order chi connectivity index (χ1) is 12.1. The predicted octanol–water partition coefficient (Wildman–Crippen LogP) is 2.95. The molecule has 2 aromatic carbocycles. The predicted molar refractivity (Wildman–Crippen MR) is 96.0 cm³/mol.